The van der Waals surface area contributed by atoms with Gasteiger partial charge in [0, 0.05) is 19.4 Å². The number of hydrogen-bond donors (Lipinski definition) is 10. The summed E-state index contributed by atoms with van der Waals surface area (Å²) in [6.07, 6.45) is -2.45. The van der Waals surface area contributed by atoms with Gasteiger partial charge in [-0.05, 0) is 25.7 Å². The minimum absolute atomic E-state index is 0.0542. The van der Waals surface area contributed by atoms with Gasteiger partial charge in [-0.25, -0.2) is 4.79 Å². The van der Waals surface area contributed by atoms with Crippen molar-refractivity contribution in [2.45, 2.75) is 69.1 Å². The molecule has 0 rings (SSSR count). The van der Waals surface area contributed by atoms with Crippen LogP contribution in [0.1, 0.15) is 44.9 Å². The number of nitrogens with one attached hydrogen (secondary N) is 3. The van der Waals surface area contributed by atoms with Crippen LogP contribution in [0.15, 0.2) is 4.99 Å². The zero-order valence-corrected chi connectivity index (χ0v) is 20.4. The van der Waals surface area contributed by atoms with Gasteiger partial charge in [0.2, 0.25) is 23.6 Å². The molecular formula is C20H34N8O10. The maximum atomic E-state index is 13.0. The lowest BCUT2D eigenvalue weighted by Crippen LogP contribution is -2.57. The molecule has 18 heteroatoms. The third kappa shape index (κ3) is 14.8. The second kappa shape index (κ2) is 17.1. The van der Waals surface area contributed by atoms with Gasteiger partial charge in [-0.1, -0.05) is 0 Å². The molecule has 0 aromatic rings. The number of carboxylic acids is 3. The fourth-order valence-corrected chi connectivity index (χ4v) is 2.96. The smallest absolute Gasteiger partial charge is 0.326 e. The molecule has 214 valence electrons. The first-order valence-electron chi connectivity index (χ1n) is 11.3. The minimum atomic E-state index is -1.62. The lowest BCUT2D eigenvalue weighted by molar-refractivity contribution is -0.143. The Labute approximate surface area is 216 Å². The van der Waals surface area contributed by atoms with Crippen molar-refractivity contribution in [1.82, 2.24) is 16.0 Å². The number of nitrogens with two attached hydrogens (primary N) is 4. The SMILES string of the molecule is NC(=O)CCC(NC(=O)C(CCCN=C(N)N)NC(=O)C(N)CC(=O)O)C(=O)NC(CCC(=O)O)C(=O)O. The highest BCUT2D eigenvalue weighted by molar-refractivity contribution is 5.95. The standard InChI is InChI=1S/C20H34N8O10/c21-9(8-15(32)33)16(34)26-10(2-1-7-25-20(23)24)17(35)27-11(3-5-13(22)29)18(36)28-12(19(37)38)4-6-14(30)31/h9-12H,1-8,21H2,(H2,22,29)(H,26,34)(H,27,35)(H,28,36)(H,30,31)(H,32,33)(H,37,38)(H4,23,24,25). The maximum Gasteiger partial charge on any atom is 0.326 e. The zero-order chi connectivity index (χ0) is 29.4. The topological polar surface area (TPSA) is 333 Å². The largest absolute Gasteiger partial charge is 0.481 e. The Balaban J connectivity index is 5.72. The molecule has 38 heavy (non-hydrogen) atoms. The second-order valence-electron chi connectivity index (χ2n) is 8.11. The molecule has 18 nitrogen and oxygen atoms in total. The van der Waals surface area contributed by atoms with Gasteiger partial charge in [-0.3, -0.25) is 33.8 Å². The molecule has 0 aliphatic rings. The highest BCUT2D eigenvalue weighted by Gasteiger charge is 2.31. The van der Waals surface area contributed by atoms with Crippen LogP contribution in [-0.4, -0.2) is 93.5 Å². The molecule has 0 aliphatic heterocycles. The molecule has 0 aromatic carbocycles. The fourth-order valence-electron chi connectivity index (χ4n) is 2.96. The number of primary amides is 1. The van der Waals surface area contributed by atoms with Crippen molar-refractivity contribution in [1.29, 1.82) is 0 Å². The van der Waals surface area contributed by atoms with Crippen molar-refractivity contribution in [3.63, 3.8) is 0 Å². The molecule has 0 bridgehead atoms. The molecular weight excluding hydrogens is 512 g/mol. The molecule has 0 saturated carbocycles. The van der Waals surface area contributed by atoms with Crippen molar-refractivity contribution >= 4 is 47.5 Å². The third-order valence-corrected chi connectivity index (χ3v) is 4.88. The molecule has 0 spiro atoms. The molecule has 0 heterocycles. The van der Waals surface area contributed by atoms with Gasteiger partial charge in [-0.15, -0.1) is 0 Å². The van der Waals surface area contributed by atoms with E-state index in [9.17, 15) is 38.7 Å². The number of carbonyl (C=O) groups is 7. The number of rotatable bonds is 19. The molecule has 4 unspecified atom stereocenters. The lowest BCUT2D eigenvalue weighted by atomic mass is 10.1. The Bertz CT molecular complexity index is 921. The quantitative estimate of drug-likeness (QED) is 0.0415. The fraction of sp³-hybridized carbons (Fsp3) is 0.600. The first-order chi connectivity index (χ1) is 17.6. The number of amides is 4. The van der Waals surface area contributed by atoms with E-state index in [0.717, 1.165) is 0 Å². The van der Waals surface area contributed by atoms with E-state index in [4.69, 9.17) is 33.1 Å². The Morgan fingerprint density at radius 3 is 1.66 bits per heavy atom. The van der Waals surface area contributed by atoms with Crippen LogP contribution in [0.2, 0.25) is 0 Å². The summed E-state index contributed by atoms with van der Waals surface area (Å²) >= 11 is 0. The van der Waals surface area contributed by atoms with E-state index in [1.165, 1.54) is 0 Å². The van der Waals surface area contributed by atoms with Gasteiger partial charge < -0.3 is 54.2 Å². The molecule has 14 N–H and O–H groups in total. The van der Waals surface area contributed by atoms with Gasteiger partial charge in [0.05, 0.1) is 12.5 Å². The van der Waals surface area contributed by atoms with Crippen LogP contribution in [0.25, 0.3) is 0 Å². The Morgan fingerprint density at radius 1 is 0.684 bits per heavy atom. The summed E-state index contributed by atoms with van der Waals surface area (Å²) in [4.78, 5) is 86.1. The van der Waals surface area contributed by atoms with Crippen LogP contribution in [-0.2, 0) is 33.6 Å². The van der Waals surface area contributed by atoms with Crippen molar-refractivity contribution in [2.24, 2.45) is 27.9 Å². The molecule has 0 fully saturated rings. The van der Waals surface area contributed by atoms with Gasteiger partial charge in [0.15, 0.2) is 5.96 Å². The molecule has 0 aliphatic carbocycles. The number of aliphatic imine (C=N–C) groups is 1. The number of aliphatic carboxylic acids is 3. The average molecular weight is 547 g/mol. The van der Waals surface area contributed by atoms with Crippen LogP contribution in [0.4, 0.5) is 0 Å². The number of hydrogen-bond acceptors (Lipinski definition) is 9. The number of guanidine groups is 1. The molecule has 0 radical (unpaired) electrons. The molecule has 4 atom stereocenters. The van der Waals surface area contributed by atoms with Crippen molar-refractivity contribution in [3.8, 4) is 0 Å². The number of nitrogens with zero attached hydrogens (tertiary/aromatic N) is 1. The van der Waals surface area contributed by atoms with E-state index in [1.54, 1.807) is 0 Å². The van der Waals surface area contributed by atoms with Gasteiger partial charge in [0.1, 0.15) is 18.1 Å². The average Bonchev–Trinajstić information content (AvgIpc) is 2.79. The number of carboxylic acid groups (broad SMARTS) is 3. The Morgan fingerprint density at radius 2 is 1.18 bits per heavy atom. The Kier molecular flexibility index (Phi) is 15.0. The van der Waals surface area contributed by atoms with E-state index in [1.807, 2.05) is 0 Å². The molecule has 0 saturated heterocycles. The van der Waals surface area contributed by atoms with E-state index in [-0.39, 0.29) is 31.8 Å². The lowest BCUT2D eigenvalue weighted by Gasteiger charge is -2.25. The monoisotopic (exact) mass is 546 g/mol. The summed E-state index contributed by atoms with van der Waals surface area (Å²) in [7, 11) is 0. The van der Waals surface area contributed by atoms with E-state index < -0.39 is 91.4 Å². The summed E-state index contributed by atoms with van der Waals surface area (Å²) in [5, 5.41) is 33.6. The van der Waals surface area contributed by atoms with E-state index in [2.05, 4.69) is 20.9 Å². The first-order valence-corrected chi connectivity index (χ1v) is 11.3. The maximum absolute atomic E-state index is 13.0. The van der Waals surface area contributed by atoms with Crippen LogP contribution >= 0.6 is 0 Å². The van der Waals surface area contributed by atoms with Gasteiger partial charge in [0.25, 0.3) is 0 Å². The zero-order valence-electron chi connectivity index (χ0n) is 20.4. The van der Waals surface area contributed by atoms with Gasteiger partial charge >= 0.3 is 17.9 Å². The summed E-state index contributed by atoms with van der Waals surface area (Å²) in [5.74, 6) is -8.23. The van der Waals surface area contributed by atoms with Crippen LogP contribution in [0.5, 0.6) is 0 Å². The minimum Gasteiger partial charge on any atom is -0.481 e. The predicted molar refractivity (Wildman–Crippen MR) is 129 cm³/mol. The van der Waals surface area contributed by atoms with Crippen molar-refractivity contribution in [3.05, 3.63) is 0 Å². The Hall–Kier alpha value is -4.48. The number of carbonyl (C=O) groups excluding carboxylic acids is 4. The highest BCUT2D eigenvalue weighted by atomic mass is 16.4. The first kappa shape index (κ1) is 33.5. The molecule has 0 aromatic heterocycles. The summed E-state index contributed by atoms with van der Waals surface area (Å²) in [6, 6.07) is -5.98. The van der Waals surface area contributed by atoms with E-state index in [0.29, 0.717) is 0 Å². The van der Waals surface area contributed by atoms with Crippen molar-refractivity contribution in [2.75, 3.05) is 6.54 Å². The summed E-state index contributed by atoms with van der Waals surface area (Å²) in [6.45, 7) is 0.0542. The van der Waals surface area contributed by atoms with Gasteiger partial charge in [-0.2, -0.15) is 0 Å². The van der Waals surface area contributed by atoms with Crippen LogP contribution < -0.4 is 38.9 Å². The summed E-state index contributed by atoms with van der Waals surface area (Å²) in [5.41, 5.74) is 21.1. The molecule has 4 amide bonds. The van der Waals surface area contributed by atoms with Crippen molar-refractivity contribution < 1.29 is 48.9 Å². The normalized spacial score (nSPS) is 13.6. The van der Waals surface area contributed by atoms with Crippen LogP contribution in [0, 0.1) is 0 Å². The van der Waals surface area contributed by atoms with E-state index >= 15 is 0 Å². The van der Waals surface area contributed by atoms with Crippen LogP contribution in [0.3, 0.4) is 0 Å². The highest BCUT2D eigenvalue weighted by Crippen LogP contribution is 2.06. The predicted octanol–water partition coefficient (Wildman–Crippen LogP) is -4.49. The summed E-state index contributed by atoms with van der Waals surface area (Å²) < 4.78 is 0. The third-order valence-electron chi connectivity index (χ3n) is 4.88. The second-order valence-corrected chi connectivity index (χ2v) is 8.11.